The third-order valence-corrected chi connectivity index (χ3v) is 0.824. The normalized spacial score (nSPS) is 10.7. The fourth-order valence-corrected chi connectivity index (χ4v) is 0.588. The Morgan fingerprint density at radius 1 is 0.800 bits per heavy atom. The summed E-state index contributed by atoms with van der Waals surface area (Å²) in [6.07, 6.45) is 2.33. The number of aliphatic hydroxyl groups is 2. The van der Waals surface area contributed by atoms with Crippen LogP contribution >= 0.6 is 0 Å². The van der Waals surface area contributed by atoms with Gasteiger partial charge in [-0.15, -0.1) is 0 Å². The summed E-state index contributed by atoms with van der Waals surface area (Å²) in [5.41, 5.74) is 0. The molecule has 0 saturated heterocycles. The minimum Gasteiger partial charge on any atom is -0.512 e. The largest absolute Gasteiger partial charge is 0.512 e. The van der Waals surface area contributed by atoms with Crippen LogP contribution in [-0.4, -0.2) is 21.8 Å². The minimum absolute atomic E-state index is 0. The Morgan fingerprint density at radius 3 is 1.00 bits per heavy atom. The van der Waals surface area contributed by atoms with E-state index in [0.29, 0.717) is 0 Å². The van der Waals surface area contributed by atoms with Crippen molar-refractivity contribution >= 4 is 11.6 Å². The first-order valence-corrected chi connectivity index (χ1v) is 4.01. The minimum atomic E-state index is -0.125. The van der Waals surface area contributed by atoms with Crippen LogP contribution < -0.4 is 0 Å². The maximum atomic E-state index is 10.0. The van der Waals surface area contributed by atoms with Gasteiger partial charge in [0.15, 0.2) is 11.6 Å². The number of hydrogen-bond acceptors (Lipinski definition) is 4. The van der Waals surface area contributed by atoms with Crippen LogP contribution in [0.3, 0.4) is 0 Å². The predicted octanol–water partition coefficient (Wildman–Crippen LogP) is 2.07. The topological polar surface area (TPSA) is 74.6 Å². The molecule has 4 nitrogen and oxygen atoms in total. The van der Waals surface area contributed by atoms with Gasteiger partial charge in [0.05, 0.1) is 11.5 Å². The van der Waals surface area contributed by atoms with Crippen LogP contribution in [0, 0.1) is 0 Å². The molecule has 0 rings (SSSR count). The molecule has 0 aliphatic heterocycles. The van der Waals surface area contributed by atoms with Gasteiger partial charge in [-0.1, -0.05) is 0 Å². The molecule has 0 bridgehead atoms. The zero-order valence-corrected chi connectivity index (χ0v) is 10.2. The van der Waals surface area contributed by atoms with E-state index in [0.717, 1.165) is 0 Å². The summed E-state index contributed by atoms with van der Waals surface area (Å²) in [6, 6.07) is 0. The van der Waals surface area contributed by atoms with E-state index in [4.69, 9.17) is 10.2 Å². The summed E-state index contributed by atoms with van der Waals surface area (Å²) in [7, 11) is 0. The Labute approximate surface area is 99.6 Å². The van der Waals surface area contributed by atoms with Crippen LogP contribution in [-0.2, 0) is 26.1 Å². The average molecular weight is 259 g/mol. The number of carbonyl (C=O) groups is 2. The third-order valence-electron chi connectivity index (χ3n) is 0.824. The van der Waals surface area contributed by atoms with E-state index in [1.54, 1.807) is 0 Å². The Kier molecular flexibility index (Phi) is 14.3. The van der Waals surface area contributed by atoms with Gasteiger partial charge in [0.25, 0.3) is 0 Å². The summed E-state index contributed by atoms with van der Waals surface area (Å²) in [6.45, 7) is 5.70. The van der Waals surface area contributed by atoms with Crippen LogP contribution in [0.1, 0.15) is 27.7 Å². The van der Waals surface area contributed by atoms with Gasteiger partial charge < -0.3 is 10.2 Å². The summed E-state index contributed by atoms with van der Waals surface area (Å²) in [5.74, 6) is -0.125. The number of aliphatic hydroxyl groups excluding tert-OH is 2. The van der Waals surface area contributed by atoms with Crippen molar-refractivity contribution < 1.29 is 36.3 Å². The molecule has 0 heterocycles. The van der Waals surface area contributed by atoms with E-state index in [9.17, 15) is 9.59 Å². The Hall–Kier alpha value is -1.09. The number of rotatable bonds is 2. The third kappa shape index (κ3) is 32.2. The van der Waals surface area contributed by atoms with Crippen molar-refractivity contribution in [2.75, 3.05) is 0 Å². The zero-order valence-electron chi connectivity index (χ0n) is 9.18. The van der Waals surface area contributed by atoms with Crippen molar-refractivity contribution in [2.45, 2.75) is 27.7 Å². The molecule has 0 spiro atoms. The smallest absolute Gasteiger partial charge is 0.155 e. The molecule has 0 amide bonds. The second kappa shape index (κ2) is 11.0. The molecule has 0 unspecified atom stereocenters. The van der Waals surface area contributed by atoms with Crippen LogP contribution in [0.4, 0.5) is 0 Å². The molecule has 0 radical (unpaired) electrons. The fraction of sp³-hybridized carbons (Fsp3) is 0.400. The average Bonchev–Trinajstić information content (AvgIpc) is 1.79. The van der Waals surface area contributed by atoms with Gasteiger partial charge in [0.1, 0.15) is 0 Å². The van der Waals surface area contributed by atoms with Gasteiger partial charge in [0.2, 0.25) is 0 Å². The van der Waals surface area contributed by atoms with Gasteiger partial charge in [-0.2, -0.15) is 0 Å². The van der Waals surface area contributed by atoms with E-state index < -0.39 is 0 Å². The van der Waals surface area contributed by atoms with E-state index in [2.05, 4.69) is 0 Å². The van der Waals surface area contributed by atoms with Gasteiger partial charge in [-0.3, -0.25) is 9.59 Å². The quantitative estimate of drug-likeness (QED) is 0.452. The van der Waals surface area contributed by atoms with Crippen LogP contribution in [0.15, 0.2) is 23.7 Å². The zero-order chi connectivity index (χ0) is 11.7. The molecule has 0 fully saturated rings. The van der Waals surface area contributed by atoms with Gasteiger partial charge in [-0.25, -0.2) is 0 Å². The molecule has 0 aromatic rings. The van der Waals surface area contributed by atoms with Gasteiger partial charge in [-0.05, 0) is 27.7 Å². The molecule has 90 valence electrons. The maximum absolute atomic E-state index is 10.0. The van der Waals surface area contributed by atoms with Crippen molar-refractivity contribution in [3.05, 3.63) is 23.7 Å². The number of hydrogen-bond donors (Lipinski definition) is 2. The Balaban J connectivity index is -0.000000180. The SMILES string of the molecule is CC(=O)/C=C(/C)O.CC(=O)/C=C(/C)O.[Ni]. The number of carbonyl (C=O) groups excluding carboxylic acids is 2. The molecular weight excluding hydrogens is 243 g/mol. The first-order valence-electron chi connectivity index (χ1n) is 4.01. The number of ketones is 2. The first-order chi connectivity index (χ1) is 6.25. The molecule has 15 heavy (non-hydrogen) atoms. The summed E-state index contributed by atoms with van der Waals surface area (Å²) in [5, 5.41) is 16.7. The first kappa shape index (κ1) is 19.5. The fourth-order valence-electron chi connectivity index (χ4n) is 0.588. The van der Waals surface area contributed by atoms with E-state index >= 15 is 0 Å². The molecule has 0 aliphatic carbocycles. The standard InChI is InChI=1S/2C5H8O2.Ni/c2*1-4(6)3-5(2)7;/h2*3,6H,1-2H3;/b2*4-3-;. The second-order valence-corrected chi connectivity index (χ2v) is 2.79. The van der Waals surface area contributed by atoms with Crippen molar-refractivity contribution in [3.63, 3.8) is 0 Å². The molecule has 0 aliphatic rings. The van der Waals surface area contributed by atoms with Gasteiger partial charge >= 0.3 is 0 Å². The van der Waals surface area contributed by atoms with Crippen molar-refractivity contribution in [2.24, 2.45) is 0 Å². The monoisotopic (exact) mass is 258 g/mol. The van der Waals surface area contributed by atoms with E-state index in [1.807, 2.05) is 0 Å². The molecule has 0 aromatic carbocycles. The predicted molar refractivity (Wildman–Crippen MR) is 54.1 cm³/mol. The summed E-state index contributed by atoms with van der Waals surface area (Å²) in [4.78, 5) is 20.0. The van der Waals surface area contributed by atoms with Crippen molar-refractivity contribution in [1.29, 1.82) is 0 Å². The van der Waals surface area contributed by atoms with E-state index in [-0.39, 0.29) is 39.6 Å². The van der Waals surface area contributed by atoms with Gasteiger partial charge in [0, 0.05) is 28.6 Å². The van der Waals surface area contributed by atoms with Crippen molar-refractivity contribution in [1.82, 2.24) is 0 Å². The molecule has 2 N–H and O–H groups in total. The molecule has 0 saturated carbocycles. The Morgan fingerprint density at radius 2 is 1.00 bits per heavy atom. The van der Waals surface area contributed by atoms with Crippen LogP contribution in [0.2, 0.25) is 0 Å². The molecular formula is C10H16NiO4. The second-order valence-electron chi connectivity index (χ2n) is 2.79. The summed E-state index contributed by atoms with van der Waals surface area (Å²) >= 11 is 0. The van der Waals surface area contributed by atoms with Crippen molar-refractivity contribution in [3.8, 4) is 0 Å². The molecule has 0 aromatic heterocycles. The number of allylic oxidation sites excluding steroid dienone is 4. The van der Waals surface area contributed by atoms with E-state index in [1.165, 1.54) is 39.8 Å². The maximum Gasteiger partial charge on any atom is 0.155 e. The molecule has 0 atom stereocenters. The van der Waals surface area contributed by atoms with Crippen LogP contribution in [0.25, 0.3) is 0 Å². The molecule has 5 heteroatoms. The summed E-state index contributed by atoms with van der Waals surface area (Å²) < 4.78 is 0. The van der Waals surface area contributed by atoms with Crippen LogP contribution in [0.5, 0.6) is 0 Å². The Bertz CT molecular complexity index is 231.